The Labute approximate surface area is 194 Å². The summed E-state index contributed by atoms with van der Waals surface area (Å²) in [5.41, 5.74) is 0.898. The van der Waals surface area contributed by atoms with Crippen LogP contribution in [0.2, 0.25) is 0 Å². The molecule has 0 saturated carbocycles. The fourth-order valence-electron chi connectivity index (χ4n) is 3.31. The highest BCUT2D eigenvalue weighted by molar-refractivity contribution is 7.99. The van der Waals surface area contributed by atoms with Gasteiger partial charge in [-0.3, -0.25) is 19.4 Å². The first-order chi connectivity index (χ1) is 15.6. The summed E-state index contributed by atoms with van der Waals surface area (Å²) < 4.78 is 36.5. The molecule has 11 heteroatoms. The summed E-state index contributed by atoms with van der Waals surface area (Å²) in [6.45, 7) is 5.38. The molecule has 33 heavy (non-hydrogen) atoms. The number of hydrogen-bond donors (Lipinski definition) is 0. The van der Waals surface area contributed by atoms with E-state index in [1.807, 2.05) is 6.92 Å². The SMILES string of the molecule is CC(=O)O[C@@H]1[C@@H](OC(C)=O)[C@@H](Oc2ccc(-c3ccnc(C)c3)nc2F)SC[C@H]1OC(C)=O. The summed E-state index contributed by atoms with van der Waals surface area (Å²) in [6.07, 6.45) is -1.56. The molecule has 0 aliphatic carbocycles. The summed E-state index contributed by atoms with van der Waals surface area (Å²) in [5, 5.41) is 0. The van der Waals surface area contributed by atoms with E-state index in [0.29, 0.717) is 11.3 Å². The summed E-state index contributed by atoms with van der Waals surface area (Å²) in [4.78, 5) is 43.0. The molecule has 0 unspecified atom stereocenters. The molecule has 0 spiro atoms. The Morgan fingerprint density at radius 2 is 1.67 bits per heavy atom. The predicted molar refractivity (Wildman–Crippen MR) is 116 cm³/mol. The molecule has 4 atom stereocenters. The highest BCUT2D eigenvalue weighted by atomic mass is 32.2. The second-order valence-corrected chi connectivity index (χ2v) is 8.42. The van der Waals surface area contributed by atoms with Crippen molar-refractivity contribution in [3.05, 3.63) is 42.1 Å². The fourth-order valence-corrected chi connectivity index (χ4v) is 4.52. The molecule has 2 aromatic rings. The number of pyridine rings is 2. The van der Waals surface area contributed by atoms with Gasteiger partial charge >= 0.3 is 17.9 Å². The zero-order chi connectivity index (χ0) is 24.1. The summed E-state index contributed by atoms with van der Waals surface area (Å²) in [7, 11) is 0. The van der Waals surface area contributed by atoms with Gasteiger partial charge in [0, 0.05) is 44.0 Å². The summed E-state index contributed by atoms with van der Waals surface area (Å²) in [6, 6.07) is 6.49. The molecule has 1 aliphatic heterocycles. The van der Waals surface area contributed by atoms with Crippen LogP contribution in [0.1, 0.15) is 26.5 Å². The Hall–Kier alpha value is -3.21. The molecule has 0 radical (unpaired) electrons. The quantitative estimate of drug-likeness (QED) is 0.349. The molecular formula is C22H23FN2O7S. The molecule has 0 amide bonds. The molecule has 3 heterocycles. The van der Waals surface area contributed by atoms with Crippen molar-refractivity contribution in [3.63, 3.8) is 0 Å². The van der Waals surface area contributed by atoms with Crippen LogP contribution in [0.25, 0.3) is 11.3 Å². The van der Waals surface area contributed by atoms with Gasteiger partial charge < -0.3 is 18.9 Å². The van der Waals surface area contributed by atoms with Crippen LogP contribution in [-0.2, 0) is 28.6 Å². The molecule has 1 fully saturated rings. The molecular weight excluding hydrogens is 455 g/mol. The maximum Gasteiger partial charge on any atom is 0.303 e. The average molecular weight is 478 g/mol. The van der Waals surface area contributed by atoms with Crippen molar-refractivity contribution in [2.24, 2.45) is 0 Å². The van der Waals surface area contributed by atoms with Gasteiger partial charge in [0.1, 0.15) is 0 Å². The molecule has 0 aromatic carbocycles. The van der Waals surface area contributed by atoms with Crippen LogP contribution in [0, 0.1) is 12.9 Å². The van der Waals surface area contributed by atoms with Crippen LogP contribution in [-0.4, -0.2) is 57.4 Å². The second kappa shape index (κ2) is 10.6. The summed E-state index contributed by atoms with van der Waals surface area (Å²) in [5.74, 6) is -2.79. The first kappa shape index (κ1) is 24.4. The van der Waals surface area contributed by atoms with Crippen LogP contribution in [0.15, 0.2) is 30.5 Å². The number of thioether (sulfide) groups is 1. The van der Waals surface area contributed by atoms with Crippen LogP contribution in [0.5, 0.6) is 5.75 Å². The number of nitrogens with zero attached hydrogens (tertiary/aromatic N) is 2. The predicted octanol–water partition coefficient (Wildman–Crippen LogP) is 2.84. The third-order valence-corrected chi connectivity index (χ3v) is 5.77. The highest BCUT2D eigenvalue weighted by Gasteiger charge is 2.48. The topological polar surface area (TPSA) is 114 Å². The largest absolute Gasteiger partial charge is 0.471 e. The number of ether oxygens (including phenoxy) is 4. The van der Waals surface area contributed by atoms with Crippen molar-refractivity contribution in [2.45, 2.75) is 51.4 Å². The van der Waals surface area contributed by atoms with Crippen LogP contribution >= 0.6 is 11.8 Å². The molecule has 1 saturated heterocycles. The van der Waals surface area contributed by atoms with Crippen LogP contribution < -0.4 is 4.74 Å². The minimum absolute atomic E-state index is 0.170. The lowest BCUT2D eigenvalue weighted by molar-refractivity contribution is -0.186. The minimum atomic E-state index is -1.16. The molecule has 9 nitrogen and oxygen atoms in total. The Morgan fingerprint density at radius 3 is 2.27 bits per heavy atom. The van der Waals surface area contributed by atoms with Gasteiger partial charge in [0.15, 0.2) is 29.5 Å². The number of aromatic nitrogens is 2. The van der Waals surface area contributed by atoms with Crippen molar-refractivity contribution in [1.82, 2.24) is 9.97 Å². The number of aryl methyl sites for hydroxylation is 1. The van der Waals surface area contributed by atoms with Gasteiger partial charge in [-0.2, -0.15) is 4.39 Å². The number of hydrogen-bond acceptors (Lipinski definition) is 10. The van der Waals surface area contributed by atoms with E-state index in [2.05, 4.69) is 9.97 Å². The van der Waals surface area contributed by atoms with Crippen molar-refractivity contribution in [3.8, 4) is 17.0 Å². The van der Waals surface area contributed by atoms with Gasteiger partial charge in [-0.1, -0.05) is 0 Å². The fraction of sp³-hybridized carbons (Fsp3) is 0.409. The van der Waals surface area contributed by atoms with Gasteiger partial charge in [0.05, 0.1) is 5.69 Å². The number of halogens is 1. The van der Waals surface area contributed by atoms with Crippen molar-refractivity contribution >= 4 is 29.7 Å². The van der Waals surface area contributed by atoms with E-state index in [1.54, 1.807) is 24.4 Å². The Bertz CT molecular complexity index is 1050. The van der Waals surface area contributed by atoms with E-state index in [1.165, 1.54) is 26.8 Å². The zero-order valence-electron chi connectivity index (χ0n) is 18.4. The van der Waals surface area contributed by atoms with E-state index in [0.717, 1.165) is 17.5 Å². The highest BCUT2D eigenvalue weighted by Crippen LogP contribution is 2.35. The van der Waals surface area contributed by atoms with E-state index >= 15 is 0 Å². The lowest BCUT2D eigenvalue weighted by atomic mass is 10.1. The molecule has 0 N–H and O–H groups in total. The minimum Gasteiger partial charge on any atom is -0.471 e. The standard InChI is InChI=1S/C22H23FN2O7S/c1-11-9-15(7-8-24-11)16-5-6-17(21(23)25-16)32-22-20(31-14(4)28)19(30-13(3)27)18(10-33-22)29-12(2)26/h5-9,18-20,22H,10H2,1-4H3/t18-,19+,20-,22+/m1/s1. The third kappa shape index (κ3) is 6.41. The molecule has 176 valence electrons. The maximum absolute atomic E-state index is 14.8. The smallest absolute Gasteiger partial charge is 0.303 e. The van der Waals surface area contributed by atoms with Gasteiger partial charge in [0.25, 0.3) is 5.95 Å². The lowest BCUT2D eigenvalue weighted by Crippen LogP contribution is -2.55. The molecule has 1 aliphatic rings. The normalized spacial score (nSPS) is 22.2. The first-order valence-corrected chi connectivity index (χ1v) is 11.1. The van der Waals surface area contributed by atoms with Crippen molar-refractivity contribution < 1.29 is 37.7 Å². The molecule has 0 bridgehead atoms. The van der Waals surface area contributed by atoms with Gasteiger partial charge in [-0.15, -0.1) is 11.8 Å². The van der Waals surface area contributed by atoms with Gasteiger partial charge in [-0.25, -0.2) is 4.98 Å². The molecule has 3 rings (SSSR count). The van der Waals surface area contributed by atoms with E-state index in [9.17, 15) is 18.8 Å². The van der Waals surface area contributed by atoms with Crippen LogP contribution in [0.3, 0.4) is 0 Å². The monoisotopic (exact) mass is 478 g/mol. The first-order valence-electron chi connectivity index (χ1n) is 10.0. The molecule has 2 aromatic heterocycles. The number of carbonyl (C=O) groups excluding carboxylic acids is 3. The third-order valence-electron chi connectivity index (χ3n) is 4.55. The maximum atomic E-state index is 14.8. The Balaban J connectivity index is 1.86. The van der Waals surface area contributed by atoms with Crippen molar-refractivity contribution in [1.29, 1.82) is 0 Å². The van der Waals surface area contributed by atoms with E-state index < -0.39 is 47.6 Å². The average Bonchev–Trinajstić information content (AvgIpc) is 2.72. The van der Waals surface area contributed by atoms with Crippen LogP contribution in [0.4, 0.5) is 4.39 Å². The Kier molecular flexibility index (Phi) is 7.85. The number of carbonyl (C=O) groups is 3. The lowest BCUT2D eigenvalue weighted by Gasteiger charge is -2.39. The number of rotatable bonds is 6. The second-order valence-electron chi connectivity index (χ2n) is 7.29. The van der Waals surface area contributed by atoms with E-state index in [4.69, 9.17) is 18.9 Å². The summed E-state index contributed by atoms with van der Waals surface area (Å²) >= 11 is 1.13. The van der Waals surface area contributed by atoms with Crippen molar-refractivity contribution in [2.75, 3.05) is 5.75 Å². The van der Waals surface area contributed by atoms with Gasteiger partial charge in [0.2, 0.25) is 0 Å². The van der Waals surface area contributed by atoms with Gasteiger partial charge in [-0.05, 0) is 31.2 Å². The zero-order valence-corrected chi connectivity index (χ0v) is 19.3. The van der Waals surface area contributed by atoms with E-state index in [-0.39, 0.29) is 11.5 Å². The number of esters is 3. The Morgan fingerprint density at radius 1 is 1.00 bits per heavy atom.